The minimum atomic E-state index is -1.07. The summed E-state index contributed by atoms with van der Waals surface area (Å²) in [6.45, 7) is 24.7. The van der Waals surface area contributed by atoms with E-state index in [-0.39, 0.29) is 12.0 Å². The van der Waals surface area contributed by atoms with Crippen LogP contribution in [-0.4, -0.2) is 48.2 Å². The molecule has 0 amide bonds. The molecule has 0 aliphatic carbocycles. The Morgan fingerprint density at radius 3 is 2.02 bits per heavy atom. The number of aromatic nitrogens is 2. The summed E-state index contributed by atoms with van der Waals surface area (Å²) in [4.78, 5) is 14.5. The van der Waals surface area contributed by atoms with E-state index >= 15 is 0 Å². The normalized spacial score (nSPS) is 12.3. The fraction of sp³-hybridized carbons (Fsp3) is 0.543. The van der Waals surface area contributed by atoms with Crippen LogP contribution in [0.2, 0.25) is 0 Å². The van der Waals surface area contributed by atoms with E-state index in [0.29, 0.717) is 6.61 Å². The number of benzene rings is 2. The van der Waals surface area contributed by atoms with Gasteiger partial charge in [0.2, 0.25) is 0 Å². The van der Waals surface area contributed by atoms with Crippen LogP contribution in [0.4, 0.5) is 5.69 Å². The van der Waals surface area contributed by atoms with Crippen LogP contribution in [0.5, 0.6) is 5.75 Å². The molecule has 3 aromatic rings. The Bertz CT molecular complexity index is 1210. The van der Waals surface area contributed by atoms with Crippen LogP contribution in [0.1, 0.15) is 88.3 Å². The molecule has 1 aliphatic heterocycles. The van der Waals surface area contributed by atoms with Gasteiger partial charge in [0.05, 0.1) is 43.1 Å². The fourth-order valence-electron chi connectivity index (χ4n) is 3.96. The van der Waals surface area contributed by atoms with E-state index in [0.717, 1.165) is 47.2 Å². The third-order valence-corrected chi connectivity index (χ3v) is 6.13. The number of hydrogen-bond donors (Lipinski definition) is 0. The van der Waals surface area contributed by atoms with Gasteiger partial charge in [0, 0.05) is 18.7 Å². The summed E-state index contributed by atoms with van der Waals surface area (Å²) in [5.74, 6) is 0.393. The summed E-state index contributed by atoms with van der Waals surface area (Å²) in [5, 5.41) is 4.93. The maximum absolute atomic E-state index is 12.1. The molecule has 0 atom stereocenters. The van der Waals surface area contributed by atoms with Crippen molar-refractivity contribution in [2.75, 3.05) is 31.7 Å². The third-order valence-electron chi connectivity index (χ3n) is 6.13. The molecule has 1 fully saturated rings. The van der Waals surface area contributed by atoms with Gasteiger partial charge < -0.3 is 19.1 Å². The van der Waals surface area contributed by atoms with Gasteiger partial charge in [0.1, 0.15) is 5.75 Å². The van der Waals surface area contributed by atoms with Crippen molar-refractivity contribution in [1.82, 2.24) is 9.78 Å². The standard InChI is InChI=1S/C29H37N3O4.3C2H6/c1-28(2,3)20-35-23-12-9-11-21(17-23)26-18-22(19-36-29(4,5)27(33)34-6)30-32(26)25-14-8-7-13-24(25)31-15-10-16-31;3*1-2/h7-9,11-14,17-18H,10,15-16,19-20H2,1-6H3;3*1-2H3. The first-order valence-corrected chi connectivity index (χ1v) is 15.5. The van der Waals surface area contributed by atoms with E-state index in [1.807, 2.05) is 70.5 Å². The second-order valence-corrected chi connectivity index (χ2v) is 10.9. The van der Waals surface area contributed by atoms with Crippen molar-refractivity contribution in [3.63, 3.8) is 0 Å². The smallest absolute Gasteiger partial charge is 0.337 e. The van der Waals surface area contributed by atoms with Crippen LogP contribution in [0, 0.1) is 5.41 Å². The molecule has 2 heterocycles. The summed E-state index contributed by atoms with van der Waals surface area (Å²) < 4.78 is 18.9. The topological polar surface area (TPSA) is 65.8 Å². The SMILES string of the molecule is CC.CC.CC.COC(=O)C(C)(C)OCc1cc(-c2cccc(OCC(C)(C)C)c2)n(-c2ccccc2N2CCC2)n1. The van der Waals surface area contributed by atoms with Crippen molar-refractivity contribution in [2.45, 2.75) is 94.8 Å². The minimum Gasteiger partial charge on any atom is -0.493 e. The maximum atomic E-state index is 12.1. The molecule has 1 saturated heterocycles. The van der Waals surface area contributed by atoms with Crippen LogP contribution in [0.15, 0.2) is 54.6 Å². The lowest BCUT2D eigenvalue weighted by Gasteiger charge is -2.34. The number of rotatable bonds is 9. The summed E-state index contributed by atoms with van der Waals surface area (Å²) >= 11 is 0. The summed E-state index contributed by atoms with van der Waals surface area (Å²) in [7, 11) is 1.36. The van der Waals surface area contributed by atoms with E-state index in [1.54, 1.807) is 13.8 Å². The van der Waals surface area contributed by atoms with Crippen LogP contribution in [-0.2, 0) is 20.9 Å². The third kappa shape index (κ3) is 10.2. The number of hydrogen-bond acceptors (Lipinski definition) is 6. The lowest BCUT2D eigenvalue weighted by Crippen LogP contribution is -2.37. The second kappa shape index (κ2) is 17.6. The fourth-order valence-corrected chi connectivity index (χ4v) is 3.96. The Kier molecular flexibility index (Phi) is 15.4. The lowest BCUT2D eigenvalue weighted by atomic mass is 9.99. The van der Waals surface area contributed by atoms with Gasteiger partial charge in [0.15, 0.2) is 5.60 Å². The number of esters is 1. The highest BCUT2D eigenvalue weighted by Crippen LogP contribution is 2.33. The summed E-state index contributed by atoms with van der Waals surface area (Å²) in [6.07, 6.45) is 1.19. The highest BCUT2D eigenvalue weighted by molar-refractivity contribution is 5.78. The van der Waals surface area contributed by atoms with Gasteiger partial charge in [-0.1, -0.05) is 86.6 Å². The minimum absolute atomic E-state index is 0.0604. The molecule has 1 aliphatic rings. The van der Waals surface area contributed by atoms with Gasteiger partial charge in [0.25, 0.3) is 0 Å². The van der Waals surface area contributed by atoms with Gasteiger partial charge in [-0.3, -0.25) is 0 Å². The van der Waals surface area contributed by atoms with Crippen molar-refractivity contribution in [1.29, 1.82) is 0 Å². The number of para-hydroxylation sites is 2. The van der Waals surface area contributed by atoms with Crippen LogP contribution >= 0.6 is 0 Å². The number of carbonyl (C=O) groups is 1. The average Bonchev–Trinajstić information content (AvgIpc) is 3.41. The Hall–Kier alpha value is -3.32. The second-order valence-electron chi connectivity index (χ2n) is 10.9. The Labute approximate surface area is 255 Å². The summed E-state index contributed by atoms with van der Waals surface area (Å²) in [6, 6.07) is 18.4. The molecule has 7 nitrogen and oxygen atoms in total. The van der Waals surface area contributed by atoms with E-state index in [2.05, 4.69) is 56.0 Å². The van der Waals surface area contributed by atoms with Crippen LogP contribution in [0.3, 0.4) is 0 Å². The first-order chi connectivity index (χ1) is 20.1. The number of carbonyl (C=O) groups excluding carboxylic acids is 1. The Morgan fingerprint density at radius 1 is 0.857 bits per heavy atom. The lowest BCUT2D eigenvalue weighted by molar-refractivity contribution is -0.166. The molecule has 2 aromatic carbocycles. The number of anilines is 1. The molecule has 42 heavy (non-hydrogen) atoms. The predicted molar refractivity (Wildman–Crippen MR) is 176 cm³/mol. The monoisotopic (exact) mass is 581 g/mol. The number of nitrogens with zero attached hydrogens (tertiary/aromatic N) is 3. The van der Waals surface area contributed by atoms with Gasteiger partial charge in [-0.25, -0.2) is 9.48 Å². The zero-order chi connectivity index (χ0) is 31.9. The maximum Gasteiger partial charge on any atom is 0.337 e. The molecule has 1 aromatic heterocycles. The van der Waals surface area contributed by atoms with E-state index in [9.17, 15) is 4.79 Å². The quantitative estimate of drug-likeness (QED) is 0.235. The van der Waals surface area contributed by atoms with Crippen molar-refractivity contribution in [2.24, 2.45) is 5.41 Å². The predicted octanol–water partition coefficient (Wildman–Crippen LogP) is 8.72. The Balaban J connectivity index is 0.00000138. The Morgan fingerprint density at radius 2 is 1.48 bits per heavy atom. The van der Waals surface area contributed by atoms with Crippen molar-refractivity contribution in [3.05, 3.63) is 60.3 Å². The molecule has 0 bridgehead atoms. The van der Waals surface area contributed by atoms with Gasteiger partial charge >= 0.3 is 5.97 Å². The van der Waals surface area contributed by atoms with E-state index < -0.39 is 11.6 Å². The largest absolute Gasteiger partial charge is 0.493 e. The zero-order valence-electron chi connectivity index (χ0n) is 28.2. The molecular weight excluding hydrogens is 526 g/mol. The van der Waals surface area contributed by atoms with E-state index in [1.165, 1.54) is 13.5 Å². The summed E-state index contributed by atoms with van der Waals surface area (Å²) in [5.41, 5.74) is 3.79. The van der Waals surface area contributed by atoms with E-state index in [4.69, 9.17) is 19.3 Å². The van der Waals surface area contributed by atoms with Crippen molar-refractivity contribution in [3.8, 4) is 22.7 Å². The highest BCUT2D eigenvalue weighted by atomic mass is 16.6. The molecule has 0 spiro atoms. The van der Waals surface area contributed by atoms with Crippen LogP contribution in [0.25, 0.3) is 16.9 Å². The van der Waals surface area contributed by atoms with Crippen molar-refractivity contribution < 1.29 is 19.0 Å². The molecule has 4 rings (SSSR count). The molecule has 7 heteroatoms. The molecule has 234 valence electrons. The van der Waals surface area contributed by atoms with Gasteiger partial charge in [-0.05, 0) is 56.0 Å². The first-order valence-electron chi connectivity index (χ1n) is 15.5. The molecule has 0 N–H and O–H groups in total. The molecule has 0 radical (unpaired) electrons. The molecule has 0 saturated carbocycles. The zero-order valence-corrected chi connectivity index (χ0v) is 28.2. The highest BCUT2D eigenvalue weighted by Gasteiger charge is 2.30. The van der Waals surface area contributed by atoms with Crippen LogP contribution < -0.4 is 9.64 Å². The molecule has 0 unspecified atom stereocenters. The average molecular weight is 582 g/mol. The van der Waals surface area contributed by atoms with Gasteiger partial charge in [-0.15, -0.1) is 0 Å². The number of methoxy groups -OCH3 is 1. The number of ether oxygens (including phenoxy) is 3. The van der Waals surface area contributed by atoms with Crippen molar-refractivity contribution >= 4 is 11.7 Å². The molecular formula is C35H55N3O4. The van der Waals surface area contributed by atoms with Gasteiger partial charge in [-0.2, -0.15) is 5.10 Å². The first kappa shape index (κ1) is 36.7.